The van der Waals surface area contributed by atoms with Crippen molar-refractivity contribution in [3.8, 4) is 0 Å². The lowest BCUT2D eigenvalue weighted by molar-refractivity contribution is 0.101. The Morgan fingerprint density at radius 2 is 2.39 bits per heavy atom. The smallest absolute Gasteiger partial charge is 0.274 e. The fourth-order valence-electron chi connectivity index (χ4n) is 1.61. The Hall–Kier alpha value is -1.88. The van der Waals surface area contributed by atoms with Gasteiger partial charge in [-0.1, -0.05) is 6.08 Å². The Labute approximate surface area is 110 Å². The minimum Gasteiger partial charge on any atom is -0.340 e. The zero-order chi connectivity index (χ0) is 13.1. The van der Waals surface area contributed by atoms with Gasteiger partial charge in [0, 0.05) is 17.6 Å². The van der Waals surface area contributed by atoms with E-state index < -0.39 is 0 Å². The highest BCUT2D eigenvalue weighted by Crippen LogP contribution is 2.21. The summed E-state index contributed by atoms with van der Waals surface area (Å²) in [6.07, 6.45) is 3.61. The molecule has 0 aliphatic carbocycles. The van der Waals surface area contributed by atoms with Gasteiger partial charge in [0.15, 0.2) is 5.13 Å². The number of anilines is 1. The molecule has 0 fully saturated rings. The molecule has 0 radical (unpaired) electrons. The molecule has 2 heterocycles. The number of amides is 1. The van der Waals surface area contributed by atoms with Crippen molar-refractivity contribution in [1.82, 2.24) is 9.55 Å². The third-order valence-corrected chi connectivity index (χ3v) is 3.63. The average molecular weight is 261 g/mol. The summed E-state index contributed by atoms with van der Waals surface area (Å²) in [6, 6.07) is 3.63. The zero-order valence-corrected chi connectivity index (χ0v) is 11.3. The summed E-state index contributed by atoms with van der Waals surface area (Å²) in [5, 5.41) is 3.46. The molecule has 0 unspecified atom stereocenters. The number of nitrogens with one attached hydrogen (secondary N) is 1. The summed E-state index contributed by atoms with van der Waals surface area (Å²) < 4.78 is 1.84. The Bertz CT molecular complexity index is 563. The van der Waals surface area contributed by atoms with E-state index in [-0.39, 0.29) is 5.91 Å². The van der Waals surface area contributed by atoms with Gasteiger partial charge in [0.2, 0.25) is 0 Å². The van der Waals surface area contributed by atoms with Gasteiger partial charge in [0.25, 0.3) is 5.91 Å². The topological polar surface area (TPSA) is 46.9 Å². The van der Waals surface area contributed by atoms with Crippen LogP contribution < -0.4 is 5.32 Å². The van der Waals surface area contributed by atoms with Crippen molar-refractivity contribution in [3.05, 3.63) is 47.2 Å². The van der Waals surface area contributed by atoms with Gasteiger partial charge in [-0.15, -0.1) is 17.9 Å². The van der Waals surface area contributed by atoms with E-state index in [1.807, 2.05) is 30.7 Å². The molecule has 0 bridgehead atoms. The number of nitrogens with zero attached hydrogens (tertiary/aromatic N) is 2. The van der Waals surface area contributed by atoms with Crippen molar-refractivity contribution in [2.75, 3.05) is 5.32 Å². The van der Waals surface area contributed by atoms with Gasteiger partial charge in [0.1, 0.15) is 5.69 Å². The van der Waals surface area contributed by atoms with E-state index in [1.54, 1.807) is 12.1 Å². The van der Waals surface area contributed by atoms with Crippen LogP contribution in [0.2, 0.25) is 0 Å². The van der Waals surface area contributed by atoms with E-state index in [1.165, 1.54) is 11.3 Å². The molecule has 4 nitrogen and oxygen atoms in total. The molecule has 0 spiro atoms. The number of hydrogen-bond acceptors (Lipinski definition) is 3. The molecule has 0 saturated heterocycles. The SMILES string of the molecule is C=CCn1cccc1C(=O)Nc1nc(C)c(C)s1. The second kappa shape index (κ2) is 5.18. The van der Waals surface area contributed by atoms with E-state index in [2.05, 4.69) is 16.9 Å². The van der Waals surface area contributed by atoms with Gasteiger partial charge < -0.3 is 4.57 Å². The van der Waals surface area contributed by atoms with Gasteiger partial charge >= 0.3 is 0 Å². The summed E-state index contributed by atoms with van der Waals surface area (Å²) in [6.45, 7) is 8.21. The molecule has 2 rings (SSSR count). The summed E-state index contributed by atoms with van der Waals surface area (Å²) in [5.41, 5.74) is 1.57. The highest BCUT2D eigenvalue weighted by atomic mass is 32.1. The minimum atomic E-state index is -0.143. The lowest BCUT2D eigenvalue weighted by Gasteiger charge is -2.05. The second-order valence-electron chi connectivity index (χ2n) is 3.95. The predicted molar refractivity (Wildman–Crippen MR) is 74.2 cm³/mol. The molecule has 2 aromatic heterocycles. The number of allylic oxidation sites excluding steroid dienone is 1. The molecule has 1 amide bonds. The largest absolute Gasteiger partial charge is 0.340 e. The van der Waals surface area contributed by atoms with Crippen LogP contribution in [0.3, 0.4) is 0 Å². The molecule has 94 valence electrons. The maximum absolute atomic E-state index is 12.1. The van der Waals surface area contributed by atoms with E-state index in [0.717, 1.165) is 10.6 Å². The number of carbonyl (C=O) groups is 1. The monoisotopic (exact) mass is 261 g/mol. The minimum absolute atomic E-state index is 0.143. The van der Waals surface area contributed by atoms with Crippen LogP contribution in [-0.2, 0) is 6.54 Å². The maximum Gasteiger partial charge on any atom is 0.274 e. The summed E-state index contributed by atoms with van der Waals surface area (Å²) in [4.78, 5) is 17.5. The van der Waals surface area contributed by atoms with Crippen molar-refractivity contribution in [3.63, 3.8) is 0 Å². The molecule has 5 heteroatoms. The van der Waals surface area contributed by atoms with Crippen LogP contribution >= 0.6 is 11.3 Å². The third kappa shape index (κ3) is 2.51. The maximum atomic E-state index is 12.1. The van der Waals surface area contributed by atoms with E-state index in [0.29, 0.717) is 17.4 Å². The Kier molecular flexibility index (Phi) is 3.62. The molecule has 0 aliphatic heterocycles. The highest BCUT2D eigenvalue weighted by Gasteiger charge is 2.12. The van der Waals surface area contributed by atoms with Crippen molar-refractivity contribution in [2.24, 2.45) is 0 Å². The van der Waals surface area contributed by atoms with Crippen LogP contribution in [0.25, 0.3) is 0 Å². The Morgan fingerprint density at radius 1 is 1.61 bits per heavy atom. The van der Waals surface area contributed by atoms with E-state index in [9.17, 15) is 4.79 Å². The van der Waals surface area contributed by atoms with Crippen molar-refractivity contribution >= 4 is 22.4 Å². The normalized spacial score (nSPS) is 10.3. The number of aromatic nitrogens is 2. The first-order valence-corrected chi connectivity index (χ1v) is 6.45. The molecule has 0 saturated carbocycles. The Morgan fingerprint density at radius 3 is 3.00 bits per heavy atom. The quantitative estimate of drug-likeness (QED) is 0.860. The van der Waals surface area contributed by atoms with Crippen LogP contribution in [0.15, 0.2) is 31.0 Å². The zero-order valence-electron chi connectivity index (χ0n) is 10.4. The lowest BCUT2D eigenvalue weighted by atomic mass is 10.4. The van der Waals surface area contributed by atoms with Gasteiger partial charge in [-0.25, -0.2) is 4.98 Å². The number of thiazole rings is 1. The molecular formula is C13H15N3OS. The molecule has 0 aliphatic rings. The molecule has 0 atom stereocenters. The average Bonchev–Trinajstić information content (AvgIpc) is 2.88. The van der Waals surface area contributed by atoms with E-state index >= 15 is 0 Å². The van der Waals surface area contributed by atoms with Gasteiger partial charge in [-0.05, 0) is 26.0 Å². The number of hydrogen-bond donors (Lipinski definition) is 1. The molecule has 0 aromatic carbocycles. The van der Waals surface area contributed by atoms with Crippen LogP contribution in [0.1, 0.15) is 21.1 Å². The molecule has 1 N–H and O–H groups in total. The van der Waals surface area contributed by atoms with Crippen LogP contribution in [-0.4, -0.2) is 15.5 Å². The first kappa shape index (κ1) is 12.6. The fraction of sp³-hybridized carbons (Fsp3) is 0.231. The first-order chi connectivity index (χ1) is 8.61. The lowest BCUT2D eigenvalue weighted by Crippen LogP contribution is -2.16. The van der Waals surface area contributed by atoms with Crippen molar-refractivity contribution in [1.29, 1.82) is 0 Å². The van der Waals surface area contributed by atoms with Gasteiger partial charge in [-0.2, -0.15) is 0 Å². The number of carbonyl (C=O) groups excluding carboxylic acids is 1. The second-order valence-corrected chi connectivity index (χ2v) is 5.15. The van der Waals surface area contributed by atoms with Crippen LogP contribution in [0.4, 0.5) is 5.13 Å². The third-order valence-electron chi connectivity index (χ3n) is 2.64. The van der Waals surface area contributed by atoms with Crippen molar-refractivity contribution < 1.29 is 4.79 Å². The predicted octanol–water partition coefficient (Wildman–Crippen LogP) is 3.00. The molecular weight excluding hydrogens is 246 g/mol. The molecule has 18 heavy (non-hydrogen) atoms. The van der Waals surface area contributed by atoms with Crippen LogP contribution in [0, 0.1) is 13.8 Å². The fourth-order valence-corrected chi connectivity index (χ4v) is 2.42. The van der Waals surface area contributed by atoms with Gasteiger partial charge in [-0.3, -0.25) is 10.1 Å². The summed E-state index contributed by atoms with van der Waals surface area (Å²) in [7, 11) is 0. The van der Waals surface area contributed by atoms with Crippen molar-refractivity contribution in [2.45, 2.75) is 20.4 Å². The Balaban J connectivity index is 2.16. The summed E-state index contributed by atoms with van der Waals surface area (Å²) >= 11 is 1.49. The van der Waals surface area contributed by atoms with Crippen LogP contribution in [0.5, 0.6) is 0 Å². The highest BCUT2D eigenvalue weighted by molar-refractivity contribution is 7.15. The first-order valence-electron chi connectivity index (χ1n) is 5.63. The number of rotatable bonds is 4. The van der Waals surface area contributed by atoms with Gasteiger partial charge in [0.05, 0.1) is 5.69 Å². The molecule has 2 aromatic rings. The number of aryl methyl sites for hydroxylation is 2. The van der Waals surface area contributed by atoms with E-state index in [4.69, 9.17) is 0 Å². The standard InChI is InChI=1S/C13H15N3OS/c1-4-7-16-8-5-6-11(16)12(17)15-13-14-9(2)10(3)18-13/h4-6,8H,1,7H2,2-3H3,(H,14,15,17). The summed E-state index contributed by atoms with van der Waals surface area (Å²) in [5.74, 6) is -0.143.